The Hall–Kier alpha value is -2.43. The molecule has 0 saturated carbocycles. The van der Waals surface area contributed by atoms with E-state index in [0.717, 1.165) is 22.4 Å². The molecule has 2 aromatic rings. The van der Waals surface area contributed by atoms with Crippen molar-refractivity contribution in [3.8, 4) is 5.75 Å². The van der Waals surface area contributed by atoms with Gasteiger partial charge in [0.2, 0.25) is 0 Å². The highest BCUT2D eigenvalue weighted by atomic mass is 16.5. The Morgan fingerprint density at radius 2 is 2.05 bits per heavy atom. The van der Waals surface area contributed by atoms with Crippen molar-refractivity contribution in [1.82, 2.24) is 9.97 Å². The minimum atomic E-state index is -1.05. The second-order valence-electron chi connectivity index (χ2n) is 4.68. The van der Waals surface area contributed by atoms with Crippen molar-refractivity contribution in [3.05, 3.63) is 52.6 Å². The molecule has 104 valence electrons. The van der Waals surface area contributed by atoms with Gasteiger partial charge in [-0.25, -0.2) is 14.8 Å². The van der Waals surface area contributed by atoms with Crippen molar-refractivity contribution in [3.63, 3.8) is 0 Å². The number of nitrogens with zero attached hydrogens (tertiary/aromatic N) is 2. The van der Waals surface area contributed by atoms with Gasteiger partial charge in [-0.1, -0.05) is 6.07 Å². The van der Waals surface area contributed by atoms with E-state index in [1.807, 2.05) is 26.8 Å². The summed E-state index contributed by atoms with van der Waals surface area (Å²) in [6.45, 7) is 6.09. The molecule has 0 aliphatic rings. The lowest BCUT2D eigenvalue weighted by atomic mass is 10.1. The Morgan fingerprint density at radius 1 is 1.30 bits per heavy atom. The largest absolute Gasteiger partial charge is 0.487 e. The van der Waals surface area contributed by atoms with Gasteiger partial charge in [0.1, 0.15) is 24.2 Å². The standard InChI is InChI=1S/C15H16N2O3/c1-9-4-10(2)11(3)14(5-9)20-7-13-12(15(18)19)6-16-8-17-13/h4-6,8H,7H2,1-3H3,(H,18,19). The number of aromatic nitrogens is 2. The van der Waals surface area contributed by atoms with Gasteiger partial charge in [0.25, 0.3) is 0 Å². The molecule has 2 rings (SSSR count). The minimum absolute atomic E-state index is 0.0644. The van der Waals surface area contributed by atoms with Gasteiger partial charge in [0.05, 0.1) is 5.69 Å². The summed E-state index contributed by atoms with van der Waals surface area (Å²) in [5.41, 5.74) is 3.72. The molecule has 0 spiro atoms. The minimum Gasteiger partial charge on any atom is -0.487 e. The number of carbonyl (C=O) groups is 1. The number of benzene rings is 1. The molecule has 1 heterocycles. The normalized spacial score (nSPS) is 10.3. The monoisotopic (exact) mass is 272 g/mol. The molecule has 1 aromatic carbocycles. The third kappa shape index (κ3) is 2.93. The van der Waals surface area contributed by atoms with E-state index < -0.39 is 5.97 Å². The van der Waals surface area contributed by atoms with Crippen LogP contribution in [-0.4, -0.2) is 21.0 Å². The third-order valence-electron chi connectivity index (χ3n) is 3.15. The van der Waals surface area contributed by atoms with Crippen LogP contribution >= 0.6 is 0 Å². The molecule has 0 atom stereocenters. The van der Waals surface area contributed by atoms with Crippen LogP contribution in [0.1, 0.15) is 32.7 Å². The quantitative estimate of drug-likeness (QED) is 0.926. The van der Waals surface area contributed by atoms with Crippen molar-refractivity contribution in [2.75, 3.05) is 0 Å². The highest BCUT2D eigenvalue weighted by Gasteiger charge is 2.12. The Balaban J connectivity index is 2.24. The first kappa shape index (κ1) is 14.0. The maximum Gasteiger partial charge on any atom is 0.339 e. The third-order valence-corrected chi connectivity index (χ3v) is 3.15. The molecule has 1 N–H and O–H groups in total. The maximum atomic E-state index is 11.1. The summed E-state index contributed by atoms with van der Waals surface area (Å²) >= 11 is 0. The van der Waals surface area contributed by atoms with Crippen LogP contribution in [0.4, 0.5) is 0 Å². The molecule has 0 bridgehead atoms. The highest BCUT2D eigenvalue weighted by Crippen LogP contribution is 2.24. The molecule has 5 nitrogen and oxygen atoms in total. The van der Waals surface area contributed by atoms with Gasteiger partial charge in [-0.3, -0.25) is 0 Å². The fourth-order valence-corrected chi connectivity index (χ4v) is 1.95. The molecule has 0 saturated heterocycles. The molecule has 0 fully saturated rings. The van der Waals surface area contributed by atoms with Crippen LogP contribution < -0.4 is 4.74 Å². The van der Waals surface area contributed by atoms with Gasteiger partial charge in [0, 0.05) is 6.20 Å². The van der Waals surface area contributed by atoms with Crippen molar-refractivity contribution in [2.45, 2.75) is 27.4 Å². The number of aryl methyl sites for hydroxylation is 2. The molecular weight excluding hydrogens is 256 g/mol. The van der Waals surface area contributed by atoms with Crippen LogP contribution in [0.5, 0.6) is 5.75 Å². The zero-order valence-electron chi connectivity index (χ0n) is 11.7. The molecule has 0 aliphatic heterocycles. The molecule has 5 heteroatoms. The fraction of sp³-hybridized carbons (Fsp3) is 0.267. The van der Waals surface area contributed by atoms with E-state index in [2.05, 4.69) is 16.0 Å². The predicted octanol–water partition coefficient (Wildman–Crippen LogP) is 2.68. The second-order valence-corrected chi connectivity index (χ2v) is 4.68. The summed E-state index contributed by atoms with van der Waals surface area (Å²) in [6, 6.07) is 4.01. The Morgan fingerprint density at radius 3 is 2.75 bits per heavy atom. The molecule has 0 unspecified atom stereocenters. The summed E-state index contributed by atoms with van der Waals surface area (Å²) in [5, 5.41) is 9.07. The van der Waals surface area contributed by atoms with Gasteiger partial charge in [-0.2, -0.15) is 0 Å². The van der Waals surface area contributed by atoms with E-state index in [9.17, 15) is 4.79 Å². The van der Waals surface area contributed by atoms with E-state index in [0.29, 0.717) is 5.69 Å². The van der Waals surface area contributed by atoms with Crippen molar-refractivity contribution in [1.29, 1.82) is 0 Å². The summed E-state index contributed by atoms with van der Waals surface area (Å²) in [5.74, 6) is -0.307. The van der Waals surface area contributed by atoms with Crippen molar-refractivity contribution in [2.24, 2.45) is 0 Å². The lowest BCUT2D eigenvalue weighted by Gasteiger charge is -2.12. The number of carboxylic acids is 1. The predicted molar refractivity (Wildman–Crippen MR) is 74.0 cm³/mol. The van der Waals surface area contributed by atoms with Crippen LogP contribution in [-0.2, 0) is 6.61 Å². The number of hydrogen-bond donors (Lipinski definition) is 1. The molecule has 0 amide bonds. The Kier molecular flexibility index (Phi) is 3.98. The lowest BCUT2D eigenvalue weighted by molar-refractivity contribution is 0.0692. The second kappa shape index (κ2) is 5.69. The van der Waals surface area contributed by atoms with Gasteiger partial charge in [-0.15, -0.1) is 0 Å². The number of hydrogen-bond acceptors (Lipinski definition) is 4. The Labute approximate surface area is 117 Å². The molecule has 0 radical (unpaired) electrons. The maximum absolute atomic E-state index is 11.1. The van der Waals surface area contributed by atoms with Crippen LogP contribution in [0.2, 0.25) is 0 Å². The van der Waals surface area contributed by atoms with Gasteiger partial charge >= 0.3 is 5.97 Å². The summed E-state index contributed by atoms with van der Waals surface area (Å²) in [7, 11) is 0. The van der Waals surface area contributed by atoms with E-state index in [4.69, 9.17) is 9.84 Å². The Bertz CT molecular complexity index is 654. The zero-order chi connectivity index (χ0) is 14.7. The summed E-state index contributed by atoms with van der Waals surface area (Å²) < 4.78 is 5.72. The fourth-order valence-electron chi connectivity index (χ4n) is 1.95. The van der Waals surface area contributed by atoms with Gasteiger partial charge < -0.3 is 9.84 Å². The van der Waals surface area contributed by atoms with Crippen LogP contribution in [0.15, 0.2) is 24.7 Å². The number of aromatic carboxylic acids is 1. The van der Waals surface area contributed by atoms with E-state index in [-0.39, 0.29) is 12.2 Å². The number of ether oxygens (including phenoxy) is 1. The summed E-state index contributed by atoms with van der Waals surface area (Å²) in [6.07, 6.45) is 2.60. The highest BCUT2D eigenvalue weighted by molar-refractivity contribution is 5.88. The van der Waals surface area contributed by atoms with E-state index in [1.165, 1.54) is 12.5 Å². The lowest BCUT2D eigenvalue weighted by Crippen LogP contribution is -2.09. The van der Waals surface area contributed by atoms with Crippen molar-refractivity contribution >= 4 is 5.97 Å². The topological polar surface area (TPSA) is 72.3 Å². The van der Waals surface area contributed by atoms with Crippen LogP contribution in [0.25, 0.3) is 0 Å². The molecule has 20 heavy (non-hydrogen) atoms. The summed E-state index contributed by atoms with van der Waals surface area (Å²) in [4.78, 5) is 18.8. The average Bonchev–Trinajstić information content (AvgIpc) is 2.41. The van der Waals surface area contributed by atoms with Crippen LogP contribution in [0.3, 0.4) is 0 Å². The molecule has 0 aliphatic carbocycles. The average molecular weight is 272 g/mol. The first-order valence-electron chi connectivity index (χ1n) is 6.22. The zero-order valence-corrected chi connectivity index (χ0v) is 11.7. The first-order valence-corrected chi connectivity index (χ1v) is 6.22. The SMILES string of the molecule is Cc1cc(C)c(C)c(OCc2ncncc2C(=O)O)c1. The molecule has 1 aromatic heterocycles. The van der Waals surface area contributed by atoms with Crippen molar-refractivity contribution < 1.29 is 14.6 Å². The number of rotatable bonds is 4. The van der Waals surface area contributed by atoms with E-state index >= 15 is 0 Å². The van der Waals surface area contributed by atoms with Gasteiger partial charge in [-0.05, 0) is 43.5 Å². The smallest absolute Gasteiger partial charge is 0.339 e. The van der Waals surface area contributed by atoms with E-state index in [1.54, 1.807) is 0 Å². The van der Waals surface area contributed by atoms with Gasteiger partial charge in [0.15, 0.2) is 0 Å². The molecular formula is C15H16N2O3. The first-order chi connectivity index (χ1) is 9.49. The number of carboxylic acid groups (broad SMARTS) is 1. The van der Waals surface area contributed by atoms with Crippen LogP contribution in [0, 0.1) is 20.8 Å².